The summed E-state index contributed by atoms with van der Waals surface area (Å²) in [6.07, 6.45) is 1.23. The Bertz CT molecular complexity index is 867. The van der Waals surface area contributed by atoms with E-state index in [1.54, 1.807) is 12.1 Å². The molecule has 0 aliphatic rings. The van der Waals surface area contributed by atoms with E-state index in [9.17, 15) is 9.59 Å². The number of hydrogen-bond acceptors (Lipinski definition) is 3. The molecule has 2 aromatic rings. The molecular formula is C23H30ClN3O2. The van der Waals surface area contributed by atoms with Crippen molar-refractivity contribution in [2.45, 2.75) is 46.2 Å². The molecule has 5 nitrogen and oxygen atoms in total. The number of carbonyl (C=O) groups is 2. The van der Waals surface area contributed by atoms with Crippen LogP contribution in [0.1, 0.15) is 49.5 Å². The van der Waals surface area contributed by atoms with Gasteiger partial charge in [-0.05, 0) is 49.2 Å². The molecule has 1 N–H and O–H groups in total. The standard InChI is InChI=1S/C23H30ClN3O2/c1-6-16(3)27(23(29)19-10-8-9-11-20(19)24)15-17-14-18(25-22(28)7-2)12-13-21(17)26(4)5/h8-14,16H,6-7,15H2,1-5H3,(H,25,28). The van der Waals surface area contributed by atoms with Crippen molar-refractivity contribution >= 4 is 34.8 Å². The molecule has 0 radical (unpaired) electrons. The first kappa shape index (κ1) is 22.8. The van der Waals surface area contributed by atoms with Crippen molar-refractivity contribution in [3.05, 3.63) is 58.6 Å². The zero-order valence-electron chi connectivity index (χ0n) is 17.8. The molecule has 0 spiro atoms. The number of amides is 2. The molecule has 1 unspecified atom stereocenters. The fourth-order valence-corrected chi connectivity index (χ4v) is 3.31. The van der Waals surface area contributed by atoms with Crippen LogP contribution in [0.25, 0.3) is 0 Å². The lowest BCUT2D eigenvalue weighted by molar-refractivity contribution is -0.115. The lowest BCUT2D eigenvalue weighted by Gasteiger charge is -2.31. The van der Waals surface area contributed by atoms with Crippen molar-refractivity contribution in [3.8, 4) is 0 Å². The van der Waals surface area contributed by atoms with Crippen LogP contribution in [-0.4, -0.2) is 36.9 Å². The molecule has 0 fully saturated rings. The molecule has 0 saturated carbocycles. The maximum Gasteiger partial charge on any atom is 0.255 e. The van der Waals surface area contributed by atoms with Crippen LogP contribution < -0.4 is 10.2 Å². The summed E-state index contributed by atoms with van der Waals surface area (Å²) in [7, 11) is 3.93. The highest BCUT2D eigenvalue weighted by Crippen LogP contribution is 2.27. The molecule has 6 heteroatoms. The third-order valence-electron chi connectivity index (χ3n) is 4.99. The van der Waals surface area contributed by atoms with E-state index in [1.165, 1.54) is 0 Å². The minimum atomic E-state index is -0.0994. The largest absolute Gasteiger partial charge is 0.377 e. The fourth-order valence-electron chi connectivity index (χ4n) is 3.10. The molecule has 0 aliphatic heterocycles. The van der Waals surface area contributed by atoms with Gasteiger partial charge in [-0.1, -0.05) is 37.6 Å². The van der Waals surface area contributed by atoms with Crippen LogP contribution in [0, 0.1) is 0 Å². The summed E-state index contributed by atoms with van der Waals surface area (Å²) in [5, 5.41) is 3.35. The molecule has 0 aromatic heterocycles. The molecule has 0 saturated heterocycles. The van der Waals surface area contributed by atoms with E-state index in [0.29, 0.717) is 23.6 Å². The fraction of sp³-hybridized carbons (Fsp3) is 0.391. The second-order valence-electron chi connectivity index (χ2n) is 7.31. The van der Waals surface area contributed by atoms with Gasteiger partial charge >= 0.3 is 0 Å². The average Bonchev–Trinajstić information content (AvgIpc) is 2.71. The second kappa shape index (κ2) is 10.3. The monoisotopic (exact) mass is 415 g/mol. The number of nitrogens with one attached hydrogen (secondary N) is 1. The summed E-state index contributed by atoms with van der Waals surface area (Å²) in [6, 6.07) is 12.9. The summed E-state index contributed by atoms with van der Waals surface area (Å²) in [4.78, 5) is 29.0. The Morgan fingerprint density at radius 3 is 2.38 bits per heavy atom. The zero-order valence-corrected chi connectivity index (χ0v) is 18.6. The highest BCUT2D eigenvalue weighted by atomic mass is 35.5. The first-order valence-corrected chi connectivity index (χ1v) is 10.3. The zero-order chi connectivity index (χ0) is 21.6. The molecule has 0 aliphatic carbocycles. The molecule has 2 amide bonds. The van der Waals surface area contributed by atoms with Crippen LogP contribution in [0.3, 0.4) is 0 Å². The summed E-state index contributed by atoms with van der Waals surface area (Å²) in [5.74, 6) is -0.142. The molecule has 29 heavy (non-hydrogen) atoms. The van der Waals surface area contributed by atoms with Gasteiger partial charge in [0, 0.05) is 44.5 Å². The lowest BCUT2D eigenvalue weighted by atomic mass is 10.1. The first-order valence-electron chi connectivity index (χ1n) is 9.94. The topological polar surface area (TPSA) is 52.7 Å². The van der Waals surface area contributed by atoms with Gasteiger partial charge in [-0.25, -0.2) is 0 Å². The lowest BCUT2D eigenvalue weighted by Crippen LogP contribution is -2.38. The summed E-state index contributed by atoms with van der Waals surface area (Å²) >= 11 is 6.29. The third kappa shape index (κ3) is 5.73. The average molecular weight is 416 g/mol. The predicted molar refractivity (Wildman–Crippen MR) is 121 cm³/mol. The predicted octanol–water partition coefficient (Wildman–Crippen LogP) is 5.20. The van der Waals surface area contributed by atoms with Crippen LogP contribution in [-0.2, 0) is 11.3 Å². The van der Waals surface area contributed by atoms with Crippen molar-refractivity contribution in [2.24, 2.45) is 0 Å². The maximum absolute atomic E-state index is 13.3. The van der Waals surface area contributed by atoms with Gasteiger partial charge in [0.15, 0.2) is 0 Å². The third-order valence-corrected chi connectivity index (χ3v) is 5.32. The normalized spacial score (nSPS) is 11.7. The van der Waals surface area contributed by atoms with Gasteiger partial charge in [0.25, 0.3) is 5.91 Å². The molecule has 2 rings (SSSR count). The number of nitrogens with zero attached hydrogens (tertiary/aromatic N) is 2. The number of carbonyl (C=O) groups excluding carboxylic acids is 2. The van der Waals surface area contributed by atoms with Gasteiger partial charge in [-0.15, -0.1) is 0 Å². The minimum Gasteiger partial charge on any atom is -0.377 e. The van der Waals surface area contributed by atoms with Gasteiger partial charge in [0.05, 0.1) is 10.6 Å². The maximum atomic E-state index is 13.3. The number of hydrogen-bond donors (Lipinski definition) is 1. The van der Waals surface area contributed by atoms with E-state index in [0.717, 1.165) is 23.4 Å². The van der Waals surface area contributed by atoms with E-state index in [1.807, 2.05) is 68.1 Å². The highest BCUT2D eigenvalue weighted by Gasteiger charge is 2.24. The number of halogens is 1. The van der Waals surface area contributed by atoms with Crippen LogP contribution >= 0.6 is 11.6 Å². The second-order valence-corrected chi connectivity index (χ2v) is 7.72. The SMILES string of the molecule is CCC(=O)Nc1ccc(N(C)C)c(CN(C(=O)c2ccccc2Cl)C(C)CC)c1. The smallest absolute Gasteiger partial charge is 0.255 e. The van der Waals surface area contributed by atoms with Gasteiger partial charge in [0.1, 0.15) is 0 Å². The molecule has 0 heterocycles. The van der Waals surface area contributed by atoms with Gasteiger partial charge in [0.2, 0.25) is 5.91 Å². The van der Waals surface area contributed by atoms with Crippen LogP contribution in [0.5, 0.6) is 0 Å². The Balaban J connectivity index is 2.44. The van der Waals surface area contributed by atoms with E-state index < -0.39 is 0 Å². The highest BCUT2D eigenvalue weighted by molar-refractivity contribution is 6.33. The van der Waals surface area contributed by atoms with Gasteiger partial charge < -0.3 is 15.1 Å². The quantitative estimate of drug-likeness (QED) is 0.645. The molecule has 156 valence electrons. The van der Waals surface area contributed by atoms with Gasteiger partial charge in [-0.2, -0.15) is 0 Å². The molecule has 0 bridgehead atoms. The Hall–Kier alpha value is -2.53. The summed E-state index contributed by atoms with van der Waals surface area (Å²) in [6.45, 7) is 6.33. The minimum absolute atomic E-state index is 0.0303. The molecule has 1 atom stereocenters. The van der Waals surface area contributed by atoms with Crippen LogP contribution in [0.2, 0.25) is 5.02 Å². The summed E-state index contributed by atoms with van der Waals surface area (Å²) < 4.78 is 0. The summed E-state index contributed by atoms with van der Waals surface area (Å²) in [5.41, 5.74) is 3.19. The molecule has 2 aromatic carbocycles. The van der Waals surface area contributed by atoms with Crippen LogP contribution in [0.15, 0.2) is 42.5 Å². The van der Waals surface area contributed by atoms with E-state index in [4.69, 9.17) is 11.6 Å². The van der Waals surface area contributed by atoms with E-state index in [2.05, 4.69) is 12.2 Å². The van der Waals surface area contributed by atoms with Crippen molar-refractivity contribution in [2.75, 3.05) is 24.3 Å². The Kier molecular flexibility index (Phi) is 8.09. The Morgan fingerprint density at radius 2 is 1.79 bits per heavy atom. The number of rotatable bonds is 8. The Labute approximate surface area is 178 Å². The number of anilines is 2. The first-order chi connectivity index (χ1) is 13.8. The number of benzene rings is 2. The van der Waals surface area contributed by atoms with Gasteiger partial charge in [-0.3, -0.25) is 9.59 Å². The van der Waals surface area contributed by atoms with Crippen molar-refractivity contribution < 1.29 is 9.59 Å². The van der Waals surface area contributed by atoms with E-state index >= 15 is 0 Å². The van der Waals surface area contributed by atoms with Crippen molar-refractivity contribution in [3.63, 3.8) is 0 Å². The molecular weight excluding hydrogens is 386 g/mol. The Morgan fingerprint density at radius 1 is 1.10 bits per heavy atom. The van der Waals surface area contributed by atoms with Crippen molar-refractivity contribution in [1.29, 1.82) is 0 Å². The van der Waals surface area contributed by atoms with E-state index in [-0.39, 0.29) is 17.9 Å². The van der Waals surface area contributed by atoms with Crippen LogP contribution in [0.4, 0.5) is 11.4 Å². The van der Waals surface area contributed by atoms with Crippen molar-refractivity contribution in [1.82, 2.24) is 4.90 Å².